The van der Waals surface area contributed by atoms with Gasteiger partial charge in [0.1, 0.15) is 5.75 Å². The third-order valence-corrected chi connectivity index (χ3v) is 5.16. The zero-order valence-electron chi connectivity index (χ0n) is 17.7. The van der Waals surface area contributed by atoms with Crippen LogP contribution in [0.3, 0.4) is 0 Å². The number of pyridine rings is 1. The van der Waals surface area contributed by atoms with E-state index < -0.39 is 17.7 Å². The van der Waals surface area contributed by atoms with Gasteiger partial charge in [-0.2, -0.15) is 0 Å². The molecular weight excluding hydrogens is 438 g/mol. The molecule has 5 rings (SSSR count). The molecule has 0 spiro atoms. The van der Waals surface area contributed by atoms with Crippen molar-refractivity contribution < 1.29 is 18.3 Å². The fraction of sp³-hybridized carbons (Fsp3) is 0. The zero-order valence-corrected chi connectivity index (χ0v) is 17.7. The number of fused-ring (bicyclic) bond motifs is 2. The Hall–Kier alpha value is -4.72. The van der Waals surface area contributed by atoms with Gasteiger partial charge >= 0.3 is 6.09 Å². The highest BCUT2D eigenvalue weighted by Crippen LogP contribution is 2.34. The summed E-state index contributed by atoms with van der Waals surface area (Å²) in [6.07, 6.45) is -0.873. The van der Waals surface area contributed by atoms with Gasteiger partial charge in [0.15, 0.2) is 11.6 Å². The van der Waals surface area contributed by atoms with Crippen molar-refractivity contribution in [2.75, 3.05) is 16.4 Å². The van der Waals surface area contributed by atoms with Crippen LogP contribution in [0.2, 0.25) is 0 Å². The van der Waals surface area contributed by atoms with Crippen LogP contribution in [0, 0.1) is 11.6 Å². The topological polar surface area (TPSA) is 89.3 Å². The van der Waals surface area contributed by atoms with Gasteiger partial charge in [0.2, 0.25) is 0 Å². The molecule has 4 aromatic carbocycles. The van der Waals surface area contributed by atoms with Crippen LogP contribution in [0.15, 0.2) is 84.9 Å². The molecule has 1 amide bonds. The van der Waals surface area contributed by atoms with E-state index in [-0.39, 0.29) is 11.4 Å². The van der Waals surface area contributed by atoms with Gasteiger partial charge in [-0.1, -0.05) is 36.4 Å². The number of hydrogen-bond donors (Lipinski definition) is 3. The van der Waals surface area contributed by atoms with Gasteiger partial charge in [0.05, 0.1) is 16.7 Å². The average molecular weight is 456 g/mol. The second-order valence-corrected chi connectivity index (χ2v) is 7.58. The first kappa shape index (κ1) is 21.1. The lowest BCUT2D eigenvalue weighted by molar-refractivity contribution is 0.215. The van der Waals surface area contributed by atoms with E-state index in [1.165, 1.54) is 12.1 Å². The number of nitrogen functional groups attached to an aromatic ring is 1. The number of nitrogens with zero attached hydrogens (tertiary/aromatic N) is 1. The minimum absolute atomic E-state index is 0.0564. The number of aromatic nitrogens is 1. The van der Waals surface area contributed by atoms with Crippen LogP contribution in [0.25, 0.3) is 21.8 Å². The lowest BCUT2D eigenvalue weighted by Gasteiger charge is -2.15. The fourth-order valence-corrected chi connectivity index (χ4v) is 3.70. The summed E-state index contributed by atoms with van der Waals surface area (Å²) in [6, 6.07) is 23.3. The summed E-state index contributed by atoms with van der Waals surface area (Å²) in [5.74, 6) is -1.92. The van der Waals surface area contributed by atoms with Crippen molar-refractivity contribution in [2.45, 2.75) is 0 Å². The minimum atomic E-state index is -1.08. The largest absolute Gasteiger partial charge is 0.417 e. The molecule has 0 aliphatic carbocycles. The van der Waals surface area contributed by atoms with Crippen molar-refractivity contribution in [1.82, 2.24) is 4.98 Å². The number of ether oxygens (including phenoxy) is 1. The summed E-state index contributed by atoms with van der Waals surface area (Å²) in [6.45, 7) is 0. The van der Waals surface area contributed by atoms with Crippen molar-refractivity contribution in [3.63, 3.8) is 0 Å². The minimum Gasteiger partial charge on any atom is -0.410 e. The summed E-state index contributed by atoms with van der Waals surface area (Å²) in [5, 5.41) is 7.58. The molecule has 0 fully saturated rings. The molecule has 1 aromatic heterocycles. The highest BCUT2D eigenvalue weighted by molar-refractivity contribution is 6.08. The van der Waals surface area contributed by atoms with Crippen LogP contribution in [0.4, 0.5) is 36.3 Å². The zero-order chi connectivity index (χ0) is 23.7. The van der Waals surface area contributed by atoms with E-state index in [0.29, 0.717) is 11.4 Å². The maximum absolute atomic E-state index is 13.4. The number of amides is 1. The molecule has 0 aliphatic heterocycles. The van der Waals surface area contributed by atoms with Gasteiger partial charge < -0.3 is 15.8 Å². The van der Waals surface area contributed by atoms with Crippen molar-refractivity contribution in [2.24, 2.45) is 0 Å². The fourth-order valence-electron chi connectivity index (χ4n) is 3.70. The predicted octanol–water partition coefficient (Wildman–Crippen LogP) is 6.60. The van der Waals surface area contributed by atoms with E-state index in [1.54, 1.807) is 12.1 Å². The number of halogens is 2. The van der Waals surface area contributed by atoms with E-state index in [0.717, 1.165) is 39.6 Å². The van der Waals surface area contributed by atoms with E-state index in [4.69, 9.17) is 15.5 Å². The normalized spacial score (nSPS) is 10.9. The Kier molecular flexibility index (Phi) is 5.39. The van der Waals surface area contributed by atoms with Crippen LogP contribution in [0.5, 0.6) is 5.75 Å². The monoisotopic (exact) mass is 456 g/mol. The van der Waals surface area contributed by atoms with Gasteiger partial charge in [0.25, 0.3) is 0 Å². The Bertz CT molecular complexity index is 1500. The molecule has 0 atom stereocenters. The summed E-state index contributed by atoms with van der Waals surface area (Å²) in [4.78, 5) is 17.0. The molecule has 0 bridgehead atoms. The second-order valence-electron chi connectivity index (χ2n) is 7.58. The van der Waals surface area contributed by atoms with Gasteiger partial charge in [0, 0.05) is 46.0 Å². The summed E-state index contributed by atoms with van der Waals surface area (Å²) in [5.41, 5.74) is 9.56. The van der Waals surface area contributed by atoms with E-state index in [1.807, 2.05) is 48.5 Å². The third kappa shape index (κ3) is 4.29. The number of carbonyl (C=O) groups excluding carboxylic acids is 1. The molecule has 0 saturated heterocycles. The summed E-state index contributed by atoms with van der Waals surface area (Å²) >= 11 is 0. The van der Waals surface area contributed by atoms with Crippen molar-refractivity contribution in [3.8, 4) is 5.75 Å². The molecule has 1 heterocycles. The Morgan fingerprint density at radius 3 is 2.15 bits per heavy atom. The van der Waals surface area contributed by atoms with Crippen LogP contribution in [-0.2, 0) is 0 Å². The third-order valence-electron chi connectivity index (χ3n) is 5.16. The molecule has 5 aromatic rings. The molecular formula is C26H18F2N4O2. The number of carbonyl (C=O) groups is 1. The van der Waals surface area contributed by atoms with Crippen molar-refractivity contribution in [3.05, 3.63) is 96.6 Å². The van der Waals surface area contributed by atoms with Crippen LogP contribution in [-0.4, -0.2) is 11.1 Å². The van der Waals surface area contributed by atoms with Crippen molar-refractivity contribution in [1.29, 1.82) is 0 Å². The predicted molar refractivity (Wildman–Crippen MR) is 129 cm³/mol. The summed E-state index contributed by atoms with van der Waals surface area (Å²) < 4.78 is 31.8. The molecule has 0 radical (unpaired) electrons. The number of nitrogens with one attached hydrogen (secondary N) is 2. The van der Waals surface area contributed by atoms with Crippen LogP contribution < -0.4 is 21.1 Å². The van der Waals surface area contributed by atoms with Crippen molar-refractivity contribution >= 4 is 50.6 Å². The first-order valence-electron chi connectivity index (χ1n) is 10.4. The standard InChI is InChI=1S/C26H18F2N4O2/c27-21-10-9-16(14-22(21)28)31-26(33)34-18-12-15(29)11-17(13-18)30-25-19-5-1-3-7-23(19)32-24-8-4-2-6-20(24)25/h1-14H,29H2,(H,30,32)(H,31,33). The van der Waals surface area contributed by atoms with Crippen LogP contribution in [0.1, 0.15) is 0 Å². The van der Waals surface area contributed by atoms with Gasteiger partial charge in [-0.3, -0.25) is 5.32 Å². The Morgan fingerprint density at radius 2 is 1.47 bits per heavy atom. The molecule has 0 saturated carbocycles. The number of rotatable bonds is 4. The summed E-state index contributed by atoms with van der Waals surface area (Å²) in [7, 11) is 0. The highest BCUT2D eigenvalue weighted by atomic mass is 19.2. The lowest BCUT2D eigenvalue weighted by atomic mass is 10.1. The highest BCUT2D eigenvalue weighted by Gasteiger charge is 2.12. The molecule has 168 valence electrons. The number of nitrogens with two attached hydrogens (primary N) is 1. The van der Waals surface area contributed by atoms with E-state index in [2.05, 4.69) is 10.6 Å². The SMILES string of the molecule is Nc1cc(Nc2c3ccccc3nc3ccccc23)cc(OC(=O)Nc2ccc(F)c(F)c2)c1. The number of para-hydroxylation sites is 2. The molecule has 0 unspecified atom stereocenters. The molecule has 0 aliphatic rings. The second kappa shape index (κ2) is 8.67. The number of benzene rings is 4. The molecule has 34 heavy (non-hydrogen) atoms. The quantitative estimate of drug-likeness (QED) is 0.209. The molecule has 8 heteroatoms. The first-order valence-corrected chi connectivity index (χ1v) is 10.4. The number of anilines is 4. The number of hydrogen-bond acceptors (Lipinski definition) is 5. The molecule has 6 nitrogen and oxygen atoms in total. The first-order chi connectivity index (χ1) is 16.5. The van der Waals surface area contributed by atoms with Crippen LogP contribution >= 0.6 is 0 Å². The van der Waals surface area contributed by atoms with Gasteiger partial charge in [-0.25, -0.2) is 18.6 Å². The Labute approximate surface area is 193 Å². The average Bonchev–Trinajstić information content (AvgIpc) is 2.81. The Balaban J connectivity index is 1.45. The van der Waals surface area contributed by atoms with E-state index >= 15 is 0 Å². The van der Waals surface area contributed by atoms with E-state index in [9.17, 15) is 13.6 Å². The lowest BCUT2D eigenvalue weighted by Crippen LogP contribution is -2.17. The molecule has 4 N–H and O–H groups in total. The maximum Gasteiger partial charge on any atom is 0.417 e. The van der Waals surface area contributed by atoms with Gasteiger partial charge in [-0.15, -0.1) is 0 Å². The van der Waals surface area contributed by atoms with Gasteiger partial charge in [-0.05, 0) is 30.3 Å². The maximum atomic E-state index is 13.4. The smallest absolute Gasteiger partial charge is 0.410 e. The Morgan fingerprint density at radius 1 is 0.794 bits per heavy atom.